The second-order valence-corrected chi connectivity index (χ2v) is 14.1. The lowest BCUT2D eigenvalue weighted by Gasteiger charge is -2.28. The van der Waals surface area contributed by atoms with Crippen LogP contribution in [0.1, 0.15) is 0 Å². The zero-order valence-electron chi connectivity index (χ0n) is 29.9. The number of para-hydroxylation sites is 4. The normalized spacial score (nSPS) is 11.6. The van der Waals surface area contributed by atoms with Gasteiger partial charge in [-0.15, -0.1) is 0 Å². The van der Waals surface area contributed by atoms with Crippen LogP contribution < -0.4 is 4.90 Å². The fourth-order valence-corrected chi connectivity index (χ4v) is 8.49. The summed E-state index contributed by atoms with van der Waals surface area (Å²) in [6, 6.07) is 73.8. The van der Waals surface area contributed by atoms with Gasteiger partial charge in [0.15, 0.2) is 0 Å². The Morgan fingerprint density at radius 3 is 1.71 bits per heavy atom. The summed E-state index contributed by atoms with van der Waals surface area (Å²) in [5.41, 5.74) is 13.0. The molecule has 0 amide bonds. The molecule has 0 bridgehead atoms. The average molecular weight is 703 g/mol. The zero-order chi connectivity index (χ0) is 36.3. The van der Waals surface area contributed by atoms with E-state index in [0.29, 0.717) is 0 Å². The van der Waals surface area contributed by atoms with Crippen molar-refractivity contribution < 1.29 is 4.42 Å². The lowest BCUT2D eigenvalue weighted by atomic mass is 9.97. The Morgan fingerprint density at radius 2 is 0.964 bits per heavy atom. The quantitative estimate of drug-likeness (QED) is 0.172. The van der Waals surface area contributed by atoms with Gasteiger partial charge >= 0.3 is 0 Å². The van der Waals surface area contributed by atoms with Crippen LogP contribution in [0.2, 0.25) is 0 Å². The molecule has 0 spiro atoms. The standard InChI is InChI=1S/C52H34N2O/c1-2-15-38(16-3-1)53(39-29-25-36(26-30-39)42-21-12-14-35-13-4-5-17-41(35)42)49-34-33-46-45-20-8-11-24-50(45)55-52(46)51(49)37-27-31-40(32-28-37)54-47-22-9-6-18-43(47)44-19-7-10-23-48(44)54/h1-34H. The molecule has 0 saturated carbocycles. The van der Waals surface area contributed by atoms with E-state index < -0.39 is 0 Å². The van der Waals surface area contributed by atoms with E-state index in [2.05, 4.69) is 210 Å². The number of hydrogen-bond donors (Lipinski definition) is 0. The van der Waals surface area contributed by atoms with E-state index in [1.807, 2.05) is 6.07 Å². The van der Waals surface area contributed by atoms with Crippen LogP contribution in [-0.2, 0) is 0 Å². The number of fused-ring (bicyclic) bond motifs is 7. The first-order valence-electron chi connectivity index (χ1n) is 18.8. The van der Waals surface area contributed by atoms with E-state index in [4.69, 9.17) is 4.42 Å². The lowest BCUT2D eigenvalue weighted by Crippen LogP contribution is -2.11. The molecule has 9 aromatic carbocycles. The Kier molecular flexibility index (Phi) is 7.17. The summed E-state index contributed by atoms with van der Waals surface area (Å²) < 4.78 is 9.17. The third-order valence-electron chi connectivity index (χ3n) is 11.0. The second kappa shape index (κ2) is 12.6. The molecule has 0 radical (unpaired) electrons. The average Bonchev–Trinajstić information content (AvgIpc) is 3.80. The highest BCUT2D eigenvalue weighted by molar-refractivity contribution is 6.13. The molecule has 0 N–H and O–H groups in total. The first kappa shape index (κ1) is 31.2. The Balaban J connectivity index is 1.11. The minimum atomic E-state index is 0.872. The molecule has 11 rings (SSSR count). The summed E-state index contributed by atoms with van der Waals surface area (Å²) in [5.74, 6) is 0. The van der Waals surface area contributed by atoms with Crippen LogP contribution in [0.3, 0.4) is 0 Å². The maximum Gasteiger partial charge on any atom is 0.145 e. The second-order valence-electron chi connectivity index (χ2n) is 14.1. The van der Waals surface area contributed by atoms with Crippen molar-refractivity contribution in [2.24, 2.45) is 0 Å². The molecule has 258 valence electrons. The SMILES string of the molecule is c1ccc(N(c2ccc(-c3cccc4ccccc34)cc2)c2ccc3c(oc4ccccc43)c2-c2ccc(-n3c4ccccc4c4ccccc43)cc2)cc1. The van der Waals surface area contributed by atoms with E-state index in [9.17, 15) is 0 Å². The van der Waals surface area contributed by atoms with Crippen molar-refractivity contribution in [3.63, 3.8) is 0 Å². The van der Waals surface area contributed by atoms with Gasteiger partial charge in [-0.1, -0.05) is 140 Å². The van der Waals surface area contributed by atoms with Gasteiger partial charge in [-0.2, -0.15) is 0 Å². The Labute approximate surface area is 318 Å². The monoisotopic (exact) mass is 702 g/mol. The highest BCUT2D eigenvalue weighted by Crippen LogP contribution is 2.47. The molecule has 0 atom stereocenters. The summed E-state index contributed by atoms with van der Waals surface area (Å²) >= 11 is 0. The van der Waals surface area contributed by atoms with Crippen LogP contribution in [0.5, 0.6) is 0 Å². The van der Waals surface area contributed by atoms with Crippen LogP contribution in [0, 0.1) is 0 Å². The van der Waals surface area contributed by atoms with Gasteiger partial charge in [0, 0.05) is 44.2 Å². The third kappa shape index (κ3) is 5.05. The van der Waals surface area contributed by atoms with E-state index in [1.165, 1.54) is 43.7 Å². The first-order valence-corrected chi connectivity index (χ1v) is 18.8. The van der Waals surface area contributed by atoms with Gasteiger partial charge in [-0.25, -0.2) is 0 Å². The molecule has 2 heterocycles. The van der Waals surface area contributed by atoms with Crippen LogP contribution in [-0.4, -0.2) is 4.57 Å². The maximum atomic E-state index is 6.80. The summed E-state index contributed by atoms with van der Waals surface area (Å²) in [7, 11) is 0. The molecule has 0 saturated heterocycles. The number of aromatic nitrogens is 1. The van der Waals surface area contributed by atoms with Gasteiger partial charge in [-0.3, -0.25) is 0 Å². The molecular weight excluding hydrogens is 669 g/mol. The van der Waals surface area contributed by atoms with Crippen molar-refractivity contribution in [2.45, 2.75) is 0 Å². The maximum absolute atomic E-state index is 6.80. The highest BCUT2D eigenvalue weighted by Gasteiger charge is 2.23. The van der Waals surface area contributed by atoms with Crippen LogP contribution in [0.15, 0.2) is 211 Å². The lowest BCUT2D eigenvalue weighted by molar-refractivity contribution is 0.670. The largest absolute Gasteiger partial charge is 0.455 e. The number of furan rings is 1. The van der Waals surface area contributed by atoms with Crippen molar-refractivity contribution in [3.8, 4) is 27.9 Å². The first-order chi connectivity index (χ1) is 27.3. The molecule has 11 aromatic rings. The minimum Gasteiger partial charge on any atom is -0.455 e. The molecule has 0 aliphatic carbocycles. The third-order valence-corrected chi connectivity index (χ3v) is 11.0. The Morgan fingerprint density at radius 1 is 0.382 bits per heavy atom. The molecule has 0 aliphatic heterocycles. The molecule has 55 heavy (non-hydrogen) atoms. The molecule has 0 fully saturated rings. The van der Waals surface area contributed by atoms with Crippen molar-refractivity contribution in [3.05, 3.63) is 206 Å². The topological polar surface area (TPSA) is 21.3 Å². The summed E-state index contributed by atoms with van der Waals surface area (Å²) in [6.45, 7) is 0. The Hall–Kier alpha value is -7.36. The van der Waals surface area contributed by atoms with Crippen LogP contribution in [0.25, 0.3) is 82.5 Å². The van der Waals surface area contributed by atoms with Gasteiger partial charge in [0.2, 0.25) is 0 Å². The molecular formula is C52H34N2O. The fourth-order valence-electron chi connectivity index (χ4n) is 8.49. The predicted molar refractivity (Wildman–Crippen MR) is 231 cm³/mol. The van der Waals surface area contributed by atoms with Crippen molar-refractivity contribution >= 4 is 71.6 Å². The highest BCUT2D eigenvalue weighted by atomic mass is 16.3. The molecule has 0 unspecified atom stereocenters. The van der Waals surface area contributed by atoms with Gasteiger partial charge in [0.1, 0.15) is 11.2 Å². The van der Waals surface area contributed by atoms with Gasteiger partial charge in [-0.05, 0) is 94.2 Å². The minimum absolute atomic E-state index is 0.872. The Bertz CT molecular complexity index is 3130. The van der Waals surface area contributed by atoms with Gasteiger partial charge in [0.25, 0.3) is 0 Å². The number of anilines is 3. The van der Waals surface area contributed by atoms with Crippen molar-refractivity contribution in [2.75, 3.05) is 4.90 Å². The van der Waals surface area contributed by atoms with Gasteiger partial charge < -0.3 is 13.9 Å². The number of benzene rings is 9. The number of rotatable bonds is 6. The molecule has 2 aromatic heterocycles. The van der Waals surface area contributed by atoms with Crippen LogP contribution in [0.4, 0.5) is 17.1 Å². The molecule has 3 nitrogen and oxygen atoms in total. The fraction of sp³-hybridized carbons (Fsp3) is 0. The predicted octanol–water partition coefficient (Wildman–Crippen LogP) is 14.6. The van der Waals surface area contributed by atoms with E-state index >= 15 is 0 Å². The summed E-state index contributed by atoms with van der Waals surface area (Å²) in [6.07, 6.45) is 0. The summed E-state index contributed by atoms with van der Waals surface area (Å²) in [4.78, 5) is 2.36. The smallest absolute Gasteiger partial charge is 0.145 e. The number of hydrogen-bond acceptors (Lipinski definition) is 2. The van der Waals surface area contributed by atoms with E-state index in [-0.39, 0.29) is 0 Å². The molecule has 0 aliphatic rings. The van der Waals surface area contributed by atoms with Gasteiger partial charge in [0.05, 0.1) is 16.7 Å². The molecule has 3 heteroatoms. The van der Waals surface area contributed by atoms with E-state index in [0.717, 1.165) is 55.8 Å². The number of nitrogens with zero attached hydrogens (tertiary/aromatic N) is 2. The van der Waals surface area contributed by atoms with E-state index in [1.54, 1.807) is 0 Å². The van der Waals surface area contributed by atoms with Crippen molar-refractivity contribution in [1.82, 2.24) is 4.57 Å². The summed E-state index contributed by atoms with van der Waals surface area (Å²) in [5, 5.41) is 7.20. The van der Waals surface area contributed by atoms with Crippen molar-refractivity contribution in [1.29, 1.82) is 0 Å². The zero-order valence-corrected chi connectivity index (χ0v) is 29.9. The van der Waals surface area contributed by atoms with Crippen LogP contribution >= 0.6 is 0 Å².